The van der Waals surface area contributed by atoms with Gasteiger partial charge < -0.3 is 21.1 Å². The number of carbonyl (C=O) groups excluding carboxylic acids is 1. The molecule has 0 aliphatic heterocycles. The van der Waals surface area contributed by atoms with Crippen molar-refractivity contribution in [3.05, 3.63) is 58.0 Å². The van der Waals surface area contributed by atoms with Crippen molar-refractivity contribution in [1.82, 2.24) is 4.98 Å². The highest BCUT2D eigenvalue weighted by Crippen LogP contribution is 2.19. The van der Waals surface area contributed by atoms with Crippen molar-refractivity contribution in [2.75, 3.05) is 11.1 Å². The number of aromatic carboxylic acids is 1. The van der Waals surface area contributed by atoms with Gasteiger partial charge in [-0.15, -0.1) is 0 Å². The molecule has 2 aromatic rings. The zero-order chi connectivity index (χ0) is 14.7. The molecule has 5 N–H and O–H groups in total. The molecule has 7 heteroatoms. The van der Waals surface area contributed by atoms with Crippen molar-refractivity contribution in [1.29, 1.82) is 0 Å². The van der Waals surface area contributed by atoms with Gasteiger partial charge >= 0.3 is 5.97 Å². The lowest BCUT2D eigenvalue weighted by molar-refractivity contribution is 0.0698. The van der Waals surface area contributed by atoms with Crippen LogP contribution in [0.2, 0.25) is 0 Å². The van der Waals surface area contributed by atoms with E-state index in [0.717, 1.165) is 0 Å². The normalized spacial score (nSPS) is 10.0. The third-order valence-electron chi connectivity index (χ3n) is 2.54. The van der Waals surface area contributed by atoms with Gasteiger partial charge in [-0.05, 0) is 24.3 Å². The molecule has 2 rings (SSSR count). The molecule has 102 valence electrons. The van der Waals surface area contributed by atoms with Gasteiger partial charge in [0.05, 0.1) is 11.3 Å². The fraction of sp³-hybridized carbons (Fsp3) is 0. The maximum Gasteiger partial charge on any atom is 0.337 e. The Morgan fingerprint density at radius 1 is 1.20 bits per heavy atom. The monoisotopic (exact) mass is 273 g/mol. The number of carboxylic acids is 1. The molecule has 0 spiro atoms. The number of hydrogen-bond donors (Lipinski definition) is 4. The summed E-state index contributed by atoms with van der Waals surface area (Å²) in [5, 5.41) is 11.5. The summed E-state index contributed by atoms with van der Waals surface area (Å²) >= 11 is 0. The highest BCUT2D eigenvalue weighted by molar-refractivity contribution is 6.07. The Balaban J connectivity index is 2.33. The number of aromatic amines is 1. The van der Waals surface area contributed by atoms with E-state index in [2.05, 4.69) is 10.3 Å². The van der Waals surface area contributed by atoms with Crippen molar-refractivity contribution in [2.24, 2.45) is 0 Å². The number of carboxylic acid groups (broad SMARTS) is 1. The summed E-state index contributed by atoms with van der Waals surface area (Å²) in [7, 11) is 0. The molecule has 0 atom stereocenters. The van der Waals surface area contributed by atoms with Crippen molar-refractivity contribution in [3.8, 4) is 0 Å². The number of aromatic nitrogens is 1. The standard InChI is InChI=1S/C13H11N3O4/c14-7-4-5-9(8(6-7)13(19)20)16-12(18)10-2-1-3-11(17)15-10/h1-6H,14H2,(H,15,17)(H,16,18)(H,19,20). The minimum Gasteiger partial charge on any atom is -0.478 e. The molecule has 0 radical (unpaired) electrons. The van der Waals surface area contributed by atoms with Crippen LogP contribution in [0.5, 0.6) is 0 Å². The van der Waals surface area contributed by atoms with Crippen molar-refractivity contribution >= 4 is 23.3 Å². The van der Waals surface area contributed by atoms with Gasteiger partial charge in [-0.2, -0.15) is 0 Å². The molecule has 20 heavy (non-hydrogen) atoms. The number of nitrogen functional groups attached to an aromatic ring is 1. The Morgan fingerprint density at radius 2 is 1.95 bits per heavy atom. The van der Waals surface area contributed by atoms with E-state index in [1.807, 2.05) is 0 Å². The average Bonchev–Trinajstić information content (AvgIpc) is 2.40. The summed E-state index contributed by atoms with van der Waals surface area (Å²) in [4.78, 5) is 36.5. The Kier molecular flexibility index (Phi) is 3.52. The zero-order valence-electron chi connectivity index (χ0n) is 10.2. The SMILES string of the molecule is Nc1ccc(NC(=O)c2cccc(=O)[nH]2)c(C(=O)O)c1. The highest BCUT2D eigenvalue weighted by Gasteiger charge is 2.14. The first-order chi connectivity index (χ1) is 9.47. The second-order valence-electron chi connectivity index (χ2n) is 3.99. The van der Waals surface area contributed by atoms with E-state index in [1.165, 1.54) is 36.4 Å². The van der Waals surface area contributed by atoms with Crippen LogP contribution >= 0.6 is 0 Å². The second kappa shape index (κ2) is 5.27. The molecule has 0 unspecified atom stereocenters. The number of benzene rings is 1. The summed E-state index contributed by atoms with van der Waals surface area (Å²) in [6.45, 7) is 0. The lowest BCUT2D eigenvalue weighted by Gasteiger charge is -2.09. The minimum absolute atomic E-state index is 0.0330. The number of anilines is 2. The van der Waals surface area contributed by atoms with E-state index >= 15 is 0 Å². The largest absolute Gasteiger partial charge is 0.478 e. The number of amides is 1. The predicted molar refractivity (Wildman–Crippen MR) is 72.8 cm³/mol. The fourth-order valence-corrected chi connectivity index (χ4v) is 1.62. The van der Waals surface area contributed by atoms with Crippen molar-refractivity contribution in [2.45, 2.75) is 0 Å². The molecule has 0 fully saturated rings. The predicted octanol–water partition coefficient (Wildman–Crippen LogP) is 0.908. The molecular formula is C13H11N3O4. The number of nitrogens with one attached hydrogen (secondary N) is 2. The number of hydrogen-bond acceptors (Lipinski definition) is 4. The Labute approximate surface area is 113 Å². The van der Waals surface area contributed by atoms with Gasteiger partial charge in [0.15, 0.2) is 0 Å². The molecular weight excluding hydrogens is 262 g/mol. The first-order valence-corrected chi connectivity index (χ1v) is 5.61. The molecule has 1 aromatic carbocycles. The van der Waals surface area contributed by atoms with Crippen LogP contribution in [0.15, 0.2) is 41.2 Å². The van der Waals surface area contributed by atoms with Crippen LogP contribution in [-0.4, -0.2) is 22.0 Å². The van der Waals surface area contributed by atoms with E-state index in [-0.39, 0.29) is 22.6 Å². The van der Waals surface area contributed by atoms with Gasteiger partial charge in [0, 0.05) is 11.8 Å². The third-order valence-corrected chi connectivity index (χ3v) is 2.54. The van der Waals surface area contributed by atoms with Crippen LogP contribution in [0.4, 0.5) is 11.4 Å². The average molecular weight is 273 g/mol. The first-order valence-electron chi connectivity index (χ1n) is 5.61. The topological polar surface area (TPSA) is 125 Å². The van der Waals surface area contributed by atoms with E-state index in [0.29, 0.717) is 0 Å². The third kappa shape index (κ3) is 2.83. The maximum absolute atomic E-state index is 11.9. The van der Waals surface area contributed by atoms with E-state index < -0.39 is 17.4 Å². The van der Waals surface area contributed by atoms with Gasteiger partial charge in [0.2, 0.25) is 5.56 Å². The number of nitrogens with two attached hydrogens (primary N) is 1. The molecule has 0 saturated carbocycles. The smallest absolute Gasteiger partial charge is 0.337 e. The first kappa shape index (κ1) is 13.3. The summed E-state index contributed by atoms with van der Waals surface area (Å²) in [6, 6.07) is 8.20. The van der Waals surface area contributed by atoms with Crippen LogP contribution in [0.3, 0.4) is 0 Å². The molecule has 7 nitrogen and oxygen atoms in total. The molecule has 0 aliphatic carbocycles. The van der Waals surface area contributed by atoms with E-state index in [9.17, 15) is 14.4 Å². The molecule has 0 aliphatic rings. The number of H-pyrrole nitrogens is 1. The number of carbonyl (C=O) groups is 2. The minimum atomic E-state index is -1.21. The van der Waals surface area contributed by atoms with Crippen LogP contribution in [0, 0.1) is 0 Å². The lowest BCUT2D eigenvalue weighted by Crippen LogP contribution is -2.19. The Bertz CT molecular complexity index is 736. The van der Waals surface area contributed by atoms with E-state index in [1.54, 1.807) is 0 Å². The fourth-order valence-electron chi connectivity index (χ4n) is 1.62. The Morgan fingerprint density at radius 3 is 2.60 bits per heavy atom. The molecule has 0 bridgehead atoms. The molecule has 1 amide bonds. The zero-order valence-corrected chi connectivity index (χ0v) is 10.2. The second-order valence-corrected chi connectivity index (χ2v) is 3.99. The number of pyridine rings is 1. The van der Waals surface area contributed by atoms with Gasteiger partial charge in [-0.25, -0.2) is 4.79 Å². The van der Waals surface area contributed by atoms with Crippen LogP contribution in [0.1, 0.15) is 20.8 Å². The van der Waals surface area contributed by atoms with Crippen LogP contribution in [-0.2, 0) is 0 Å². The molecule has 1 aromatic heterocycles. The maximum atomic E-state index is 11.9. The summed E-state index contributed by atoms with van der Waals surface area (Å²) in [5.41, 5.74) is 5.36. The van der Waals surface area contributed by atoms with Gasteiger partial charge in [-0.3, -0.25) is 9.59 Å². The quantitative estimate of drug-likeness (QED) is 0.618. The summed E-state index contributed by atoms with van der Waals surface area (Å²) in [5.74, 6) is -1.83. The van der Waals surface area contributed by atoms with Gasteiger partial charge in [-0.1, -0.05) is 6.07 Å². The van der Waals surface area contributed by atoms with E-state index in [4.69, 9.17) is 10.8 Å². The molecule has 1 heterocycles. The van der Waals surface area contributed by atoms with Crippen LogP contribution in [0.25, 0.3) is 0 Å². The van der Waals surface area contributed by atoms with Crippen molar-refractivity contribution in [3.63, 3.8) is 0 Å². The number of rotatable bonds is 3. The van der Waals surface area contributed by atoms with Crippen LogP contribution < -0.4 is 16.6 Å². The summed E-state index contributed by atoms with van der Waals surface area (Å²) in [6.07, 6.45) is 0. The molecule has 0 saturated heterocycles. The highest BCUT2D eigenvalue weighted by atomic mass is 16.4. The van der Waals surface area contributed by atoms with Gasteiger partial charge in [0.25, 0.3) is 5.91 Å². The van der Waals surface area contributed by atoms with Crippen molar-refractivity contribution < 1.29 is 14.7 Å². The summed E-state index contributed by atoms with van der Waals surface area (Å²) < 4.78 is 0. The lowest BCUT2D eigenvalue weighted by atomic mass is 10.1. The Hall–Kier alpha value is -3.09. The van der Waals surface area contributed by atoms with Gasteiger partial charge in [0.1, 0.15) is 5.69 Å².